The summed E-state index contributed by atoms with van der Waals surface area (Å²) in [6.07, 6.45) is -2.02. The second-order valence-corrected chi connectivity index (χ2v) is 5.81. The molecule has 0 aliphatic carbocycles. The van der Waals surface area contributed by atoms with Crippen molar-refractivity contribution in [3.63, 3.8) is 0 Å². The molecule has 1 aromatic heterocycles. The first-order chi connectivity index (χ1) is 10.4. The molecule has 116 valence electrons. The maximum absolute atomic E-state index is 12.7. The summed E-state index contributed by atoms with van der Waals surface area (Å²) in [4.78, 5) is 12.6. The minimum atomic E-state index is -4.53. The van der Waals surface area contributed by atoms with Crippen LogP contribution in [-0.4, -0.2) is 5.91 Å². The molecule has 0 fully saturated rings. The first-order valence-corrected chi connectivity index (χ1v) is 7.47. The summed E-state index contributed by atoms with van der Waals surface area (Å²) < 4.78 is 38.2. The molecule has 2 aromatic rings. The summed E-state index contributed by atoms with van der Waals surface area (Å²) in [6, 6.07) is 7.23. The van der Waals surface area contributed by atoms with Crippen LogP contribution in [0.2, 0.25) is 5.02 Å². The Labute approximate surface area is 134 Å². The predicted molar refractivity (Wildman–Crippen MR) is 81.7 cm³/mol. The lowest BCUT2D eigenvalue weighted by molar-refractivity contribution is -0.137. The van der Waals surface area contributed by atoms with Crippen LogP contribution in [0.1, 0.15) is 16.0 Å². The van der Waals surface area contributed by atoms with Gasteiger partial charge >= 0.3 is 6.18 Å². The summed E-state index contributed by atoms with van der Waals surface area (Å²) in [5.74, 6) is -0.378. The highest BCUT2D eigenvalue weighted by Gasteiger charge is 2.33. The molecule has 0 saturated carbocycles. The fraction of sp³-hybridized carbons (Fsp3) is 0.133. The first kappa shape index (κ1) is 16.6. The zero-order valence-corrected chi connectivity index (χ0v) is 12.7. The van der Waals surface area contributed by atoms with Crippen molar-refractivity contribution >= 4 is 34.9 Å². The number of carbonyl (C=O) groups is 1. The van der Waals surface area contributed by atoms with Crippen LogP contribution in [0, 0.1) is 0 Å². The number of rotatable bonds is 4. The number of thiophene rings is 1. The van der Waals surface area contributed by atoms with E-state index < -0.39 is 11.7 Å². The molecule has 1 amide bonds. The number of amides is 1. The molecule has 0 aliphatic rings. The molecule has 0 bridgehead atoms. The van der Waals surface area contributed by atoms with Gasteiger partial charge in [0, 0.05) is 11.0 Å². The van der Waals surface area contributed by atoms with E-state index in [1.165, 1.54) is 29.6 Å². The second-order valence-electron chi connectivity index (χ2n) is 4.37. The van der Waals surface area contributed by atoms with Gasteiger partial charge in [0.25, 0.3) is 0 Å². The lowest BCUT2D eigenvalue weighted by atomic mass is 10.1. The van der Waals surface area contributed by atoms with Crippen LogP contribution in [-0.2, 0) is 17.5 Å². The van der Waals surface area contributed by atoms with E-state index in [1.807, 2.05) is 17.5 Å². The molecule has 0 atom stereocenters. The van der Waals surface area contributed by atoms with Gasteiger partial charge in [0.1, 0.15) is 0 Å². The summed E-state index contributed by atoms with van der Waals surface area (Å²) in [5.41, 5.74) is -0.668. The van der Waals surface area contributed by atoms with Crippen molar-refractivity contribution in [3.05, 3.63) is 62.8 Å². The average molecular weight is 346 g/mol. The van der Waals surface area contributed by atoms with Gasteiger partial charge < -0.3 is 5.32 Å². The Bertz CT molecular complexity index is 681. The maximum atomic E-state index is 12.7. The van der Waals surface area contributed by atoms with E-state index in [1.54, 1.807) is 0 Å². The molecule has 0 spiro atoms. The largest absolute Gasteiger partial charge is 0.417 e. The topological polar surface area (TPSA) is 29.1 Å². The van der Waals surface area contributed by atoms with Gasteiger partial charge in [-0.1, -0.05) is 23.7 Å². The molecule has 1 aromatic carbocycles. The van der Waals surface area contributed by atoms with E-state index in [4.69, 9.17) is 11.6 Å². The van der Waals surface area contributed by atoms with Gasteiger partial charge in [-0.05, 0) is 35.2 Å². The van der Waals surface area contributed by atoms with E-state index in [-0.39, 0.29) is 16.5 Å². The van der Waals surface area contributed by atoms with Crippen LogP contribution < -0.4 is 5.32 Å². The molecule has 22 heavy (non-hydrogen) atoms. The molecular formula is C15H11ClF3NOS. The van der Waals surface area contributed by atoms with Crippen LogP contribution in [0.15, 0.2) is 41.8 Å². The molecule has 0 unspecified atom stereocenters. The van der Waals surface area contributed by atoms with Crippen molar-refractivity contribution in [3.8, 4) is 0 Å². The summed E-state index contributed by atoms with van der Waals surface area (Å²) >= 11 is 7.04. The lowest BCUT2D eigenvalue weighted by Gasteiger charge is -2.09. The monoisotopic (exact) mass is 345 g/mol. The maximum Gasteiger partial charge on any atom is 0.417 e. The number of benzene rings is 1. The first-order valence-electron chi connectivity index (χ1n) is 6.21. The Kier molecular flexibility index (Phi) is 5.26. The fourth-order valence-electron chi connectivity index (χ4n) is 1.68. The number of hydrogen-bond acceptors (Lipinski definition) is 2. The number of halogens is 4. The lowest BCUT2D eigenvalue weighted by Crippen LogP contribution is -2.19. The fourth-order valence-corrected chi connectivity index (χ4v) is 2.55. The van der Waals surface area contributed by atoms with Gasteiger partial charge in [0.05, 0.1) is 17.1 Å². The minimum absolute atomic E-state index is 0.253. The third-order valence-corrected chi connectivity index (χ3v) is 3.95. The van der Waals surface area contributed by atoms with Crippen molar-refractivity contribution in [1.29, 1.82) is 0 Å². The Hall–Kier alpha value is -1.79. The molecule has 2 nitrogen and oxygen atoms in total. The van der Waals surface area contributed by atoms with Gasteiger partial charge in [0.15, 0.2) is 0 Å². The zero-order valence-electron chi connectivity index (χ0n) is 11.2. The number of alkyl halides is 3. The summed E-state index contributed by atoms with van der Waals surface area (Å²) in [6.45, 7) is 0.384. The van der Waals surface area contributed by atoms with Crippen molar-refractivity contribution < 1.29 is 18.0 Å². The molecule has 0 aliphatic heterocycles. The van der Waals surface area contributed by atoms with Crippen LogP contribution in [0.4, 0.5) is 13.2 Å². The van der Waals surface area contributed by atoms with Crippen molar-refractivity contribution in [1.82, 2.24) is 5.32 Å². The highest BCUT2D eigenvalue weighted by molar-refractivity contribution is 7.09. The van der Waals surface area contributed by atoms with E-state index in [9.17, 15) is 18.0 Å². The van der Waals surface area contributed by atoms with Crippen molar-refractivity contribution in [2.45, 2.75) is 12.7 Å². The van der Waals surface area contributed by atoms with Crippen molar-refractivity contribution in [2.75, 3.05) is 0 Å². The molecule has 1 N–H and O–H groups in total. The molecule has 2 rings (SSSR count). The second kappa shape index (κ2) is 6.98. The van der Waals surface area contributed by atoms with E-state index in [0.29, 0.717) is 6.54 Å². The summed E-state index contributed by atoms with van der Waals surface area (Å²) in [7, 11) is 0. The molecule has 0 radical (unpaired) electrons. The van der Waals surface area contributed by atoms with Gasteiger partial charge in [-0.25, -0.2) is 0 Å². The highest BCUT2D eigenvalue weighted by atomic mass is 35.5. The number of nitrogens with one attached hydrogen (secondary N) is 1. The third kappa shape index (κ3) is 4.61. The van der Waals surface area contributed by atoms with E-state index in [0.717, 1.165) is 17.0 Å². The predicted octanol–water partition coefficient (Wildman–Crippen LogP) is 4.75. The van der Waals surface area contributed by atoms with Crippen molar-refractivity contribution in [2.24, 2.45) is 0 Å². The average Bonchev–Trinajstić information content (AvgIpc) is 2.96. The van der Waals surface area contributed by atoms with Crippen LogP contribution in [0.5, 0.6) is 0 Å². The number of hydrogen-bond donors (Lipinski definition) is 1. The van der Waals surface area contributed by atoms with Gasteiger partial charge in [0.2, 0.25) is 5.91 Å². The Balaban J connectivity index is 2.02. The molecule has 0 saturated heterocycles. The van der Waals surface area contributed by atoms with Crippen LogP contribution in [0.3, 0.4) is 0 Å². The third-order valence-electron chi connectivity index (χ3n) is 2.74. The molecule has 1 heterocycles. The Morgan fingerprint density at radius 2 is 2.09 bits per heavy atom. The summed E-state index contributed by atoms with van der Waals surface area (Å²) in [5, 5.41) is 4.17. The normalized spacial score (nSPS) is 11.8. The van der Waals surface area contributed by atoms with Gasteiger partial charge in [-0.15, -0.1) is 11.3 Å². The van der Waals surface area contributed by atoms with Crippen LogP contribution in [0.25, 0.3) is 6.08 Å². The quantitative estimate of drug-likeness (QED) is 0.796. The highest BCUT2D eigenvalue weighted by Crippen LogP contribution is 2.35. The van der Waals surface area contributed by atoms with Crippen LogP contribution >= 0.6 is 22.9 Å². The minimum Gasteiger partial charge on any atom is -0.348 e. The standard InChI is InChI=1S/C15H11ClF3NOS/c16-13-5-3-10(8-12(13)15(17,18)19)4-6-14(21)20-9-11-2-1-7-22-11/h1-8H,9H2,(H,20,21)/b6-4+. The molecular weight excluding hydrogens is 335 g/mol. The van der Waals surface area contributed by atoms with Gasteiger partial charge in [-0.2, -0.15) is 13.2 Å². The molecule has 7 heteroatoms. The number of carbonyl (C=O) groups excluding carboxylic acids is 1. The van der Waals surface area contributed by atoms with Gasteiger partial charge in [-0.3, -0.25) is 4.79 Å². The smallest absolute Gasteiger partial charge is 0.348 e. The Morgan fingerprint density at radius 1 is 1.32 bits per heavy atom. The zero-order chi connectivity index (χ0) is 16.2. The Morgan fingerprint density at radius 3 is 2.73 bits per heavy atom. The SMILES string of the molecule is O=C(/C=C/c1ccc(Cl)c(C(F)(F)F)c1)NCc1cccs1. The van der Waals surface area contributed by atoms with E-state index in [2.05, 4.69) is 5.32 Å². The van der Waals surface area contributed by atoms with E-state index >= 15 is 0 Å².